The van der Waals surface area contributed by atoms with Crippen LogP contribution in [0.2, 0.25) is 5.02 Å². The summed E-state index contributed by atoms with van der Waals surface area (Å²) in [7, 11) is 1.77. The normalized spacial score (nSPS) is 10.5. The van der Waals surface area contributed by atoms with Crippen molar-refractivity contribution in [2.45, 2.75) is 13.2 Å². The number of ether oxygens (including phenoxy) is 2. The van der Waals surface area contributed by atoms with Crippen LogP contribution in [-0.2, 0) is 6.61 Å². The molecule has 112 valence electrons. The van der Waals surface area contributed by atoms with Gasteiger partial charge in [0.2, 0.25) is 11.8 Å². The second-order valence-electron chi connectivity index (χ2n) is 4.00. The van der Waals surface area contributed by atoms with Gasteiger partial charge in [-0.05, 0) is 12.1 Å². The van der Waals surface area contributed by atoms with Crippen LogP contribution < -0.4 is 14.8 Å². The Morgan fingerprint density at radius 3 is 2.62 bits per heavy atom. The van der Waals surface area contributed by atoms with Crippen molar-refractivity contribution in [3.8, 4) is 11.8 Å². The fourth-order valence-corrected chi connectivity index (χ4v) is 1.95. The van der Waals surface area contributed by atoms with Crippen LogP contribution in [0.1, 0.15) is 5.56 Å². The number of hydrogen-bond donors (Lipinski definition) is 1. The zero-order valence-corrected chi connectivity index (χ0v) is 11.9. The molecular weight excluding hydrogens is 302 g/mol. The summed E-state index contributed by atoms with van der Waals surface area (Å²) in [6.45, 7) is -2.77. The van der Waals surface area contributed by atoms with E-state index >= 15 is 0 Å². The summed E-state index contributed by atoms with van der Waals surface area (Å²) in [5, 5.41) is 3.54. The fourth-order valence-electron chi connectivity index (χ4n) is 1.72. The smallest absolute Gasteiger partial charge is 0.388 e. The van der Waals surface area contributed by atoms with Crippen molar-refractivity contribution in [1.29, 1.82) is 0 Å². The summed E-state index contributed by atoms with van der Waals surface area (Å²) in [5.74, 6) is -0.0226. The molecule has 1 aromatic heterocycles. The average molecular weight is 315 g/mol. The second-order valence-corrected chi connectivity index (χ2v) is 4.40. The summed E-state index contributed by atoms with van der Waals surface area (Å²) >= 11 is 6.11. The van der Waals surface area contributed by atoms with Crippen LogP contribution in [0.3, 0.4) is 0 Å². The first-order valence-corrected chi connectivity index (χ1v) is 6.47. The van der Waals surface area contributed by atoms with Gasteiger partial charge in [-0.25, -0.2) is 0 Å². The number of alkyl halides is 2. The number of halogens is 3. The molecule has 0 bridgehead atoms. The molecule has 7 heteroatoms. The number of aromatic nitrogens is 1. The number of nitrogens with zero attached hydrogens (tertiary/aromatic N) is 1. The SMILES string of the molecule is CNc1cccc(Cl)c1COc1cccc(OC(F)F)n1. The predicted octanol–water partition coefficient (Wildman–Crippen LogP) is 3.96. The minimum atomic E-state index is -2.92. The van der Waals surface area contributed by atoms with Crippen LogP contribution in [0.5, 0.6) is 11.8 Å². The van der Waals surface area contributed by atoms with Gasteiger partial charge in [-0.15, -0.1) is 0 Å². The lowest BCUT2D eigenvalue weighted by Gasteiger charge is -2.12. The Balaban J connectivity index is 2.10. The molecule has 0 atom stereocenters. The van der Waals surface area contributed by atoms with Gasteiger partial charge >= 0.3 is 6.61 Å². The highest BCUT2D eigenvalue weighted by Crippen LogP contribution is 2.26. The average Bonchev–Trinajstić information content (AvgIpc) is 2.45. The molecule has 21 heavy (non-hydrogen) atoms. The third-order valence-electron chi connectivity index (χ3n) is 2.66. The van der Waals surface area contributed by atoms with E-state index in [1.807, 2.05) is 12.1 Å². The number of pyridine rings is 1. The first-order valence-electron chi connectivity index (χ1n) is 6.10. The standard InChI is InChI=1S/C14H13ClF2N2O2/c1-18-11-5-2-4-10(15)9(11)8-20-12-6-3-7-13(19-12)21-14(16)17/h2-7,14,18H,8H2,1H3. The summed E-state index contributed by atoms with van der Waals surface area (Å²) < 4.78 is 33.9. The first kappa shape index (κ1) is 15.3. The number of anilines is 1. The zero-order chi connectivity index (χ0) is 15.2. The molecule has 1 N–H and O–H groups in total. The van der Waals surface area contributed by atoms with E-state index in [-0.39, 0.29) is 18.4 Å². The molecule has 0 radical (unpaired) electrons. The van der Waals surface area contributed by atoms with Crippen molar-refractivity contribution >= 4 is 17.3 Å². The maximum absolute atomic E-state index is 12.1. The van der Waals surface area contributed by atoms with Crippen LogP contribution >= 0.6 is 11.6 Å². The van der Waals surface area contributed by atoms with Gasteiger partial charge in [0.15, 0.2) is 0 Å². The Morgan fingerprint density at radius 2 is 1.90 bits per heavy atom. The van der Waals surface area contributed by atoms with Gasteiger partial charge in [-0.1, -0.05) is 23.7 Å². The lowest BCUT2D eigenvalue weighted by Crippen LogP contribution is -2.05. The lowest BCUT2D eigenvalue weighted by atomic mass is 10.2. The Hall–Kier alpha value is -2.08. The zero-order valence-electron chi connectivity index (χ0n) is 11.1. The molecule has 0 amide bonds. The Labute approximate surface area is 125 Å². The van der Waals surface area contributed by atoms with Crippen molar-refractivity contribution in [3.05, 3.63) is 47.0 Å². The minimum absolute atomic E-state index is 0.154. The van der Waals surface area contributed by atoms with Crippen molar-refractivity contribution < 1.29 is 18.3 Å². The van der Waals surface area contributed by atoms with Gasteiger partial charge < -0.3 is 14.8 Å². The molecule has 4 nitrogen and oxygen atoms in total. The van der Waals surface area contributed by atoms with Gasteiger partial charge in [0, 0.05) is 35.5 Å². The largest absolute Gasteiger partial charge is 0.473 e. The molecule has 0 aliphatic rings. The van der Waals surface area contributed by atoms with Gasteiger partial charge in [0.05, 0.1) is 0 Å². The maximum Gasteiger partial charge on any atom is 0.388 e. The molecule has 0 unspecified atom stereocenters. The van der Waals surface area contributed by atoms with Gasteiger partial charge in [0.1, 0.15) is 6.61 Å². The maximum atomic E-state index is 12.1. The van der Waals surface area contributed by atoms with E-state index in [9.17, 15) is 8.78 Å². The highest BCUT2D eigenvalue weighted by atomic mass is 35.5. The van der Waals surface area contributed by atoms with Crippen LogP contribution in [0, 0.1) is 0 Å². The van der Waals surface area contributed by atoms with E-state index in [2.05, 4.69) is 15.0 Å². The fraction of sp³-hybridized carbons (Fsp3) is 0.214. The Kier molecular flexibility index (Phi) is 5.16. The van der Waals surface area contributed by atoms with E-state index in [1.54, 1.807) is 19.2 Å². The molecule has 0 saturated heterocycles. The molecule has 0 spiro atoms. The van der Waals surface area contributed by atoms with E-state index in [1.165, 1.54) is 12.1 Å². The highest BCUT2D eigenvalue weighted by molar-refractivity contribution is 6.31. The number of benzene rings is 1. The lowest BCUT2D eigenvalue weighted by molar-refractivity contribution is -0.0531. The number of rotatable bonds is 6. The predicted molar refractivity (Wildman–Crippen MR) is 76.2 cm³/mol. The summed E-state index contributed by atoms with van der Waals surface area (Å²) in [6.07, 6.45) is 0. The van der Waals surface area contributed by atoms with Crippen LogP contribution in [0.15, 0.2) is 36.4 Å². The topological polar surface area (TPSA) is 43.4 Å². The molecule has 2 rings (SSSR count). The molecule has 0 aliphatic heterocycles. The summed E-state index contributed by atoms with van der Waals surface area (Å²) in [6, 6.07) is 9.81. The quantitative estimate of drug-likeness (QED) is 0.876. The first-order chi connectivity index (χ1) is 10.1. The monoisotopic (exact) mass is 314 g/mol. The van der Waals surface area contributed by atoms with Gasteiger partial charge in [-0.2, -0.15) is 13.8 Å². The number of hydrogen-bond acceptors (Lipinski definition) is 4. The third-order valence-corrected chi connectivity index (χ3v) is 3.01. The molecule has 0 saturated carbocycles. The van der Waals surface area contributed by atoms with E-state index in [0.29, 0.717) is 5.02 Å². The van der Waals surface area contributed by atoms with Crippen molar-refractivity contribution in [3.63, 3.8) is 0 Å². The van der Waals surface area contributed by atoms with Crippen molar-refractivity contribution in [2.24, 2.45) is 0 Å². The second kappa shape index (κ2) is 7.08. The minimum Gasteiger partial charge on any atom is -0.473 e. The van der Waals surface area contributed by atoms with Crippen LogP contribution in [0.25, 0.3) is 0 Å². The Bertz CT molecular complexity index is 611. The summed E-state index contributed by atoms with van der Waals surface area (Å²) in [5.41, 5.74) is 1.58. The number of nitrogens with one attached hydrogen (secondary N) is 1. The van der Waals surface area contributed by atoms with E-state index in [4.69, 9.17) is 16.3 Å². The van der Waals surface area contributed by atoms with E-state index < -0.39 is 6.61 Å². The molecule has 1 aromatic carbocycles. The van der Waals surface area contributed by atoms with Crippen LogP contribution in [-0.4, -0.2) is 18.6 Å². The molecule has 0 aliphatic carbocycles. The molecule has 1 heterocycles. The van der Waals surface area contributed by atoms with E-state index in [0.717, 1.165) is 11.3 Å². The molecular formula is C14H13ClF2N2O2. The van der Waals surface area contributed by atoms with Crippen molar-refractivity contribution in [2.75, 3.05) is 12.4 Å². The van der Waals surface area contributed by atoms with Gasteiger partial charge in [0.25, 0.3) is 0 Å². The van der Waals surface area contributed by atoms with Gasteiger partial charge in [-0.3, -0.25) is 0 Å². The highest BCUT2D eigenvalue weighted by Gasteiger charge is 2.09. The Morgan fingerprint density at radius 1 is 1.19 bits per heavy atom. The summed E-state index contributed by atoms with van der Waals surface area (Å²) in [4.78, 5) is 3.83. The molecule has 2 aromatic rings. The van der Waals surface area contributed by atoms with Crippen molar-refractivity contribution in [1.82, 2.24) is 4.98 Å². The van der Waals surface area contributed by atoms with Crippen LogP contribution in [0.4, 0.5) is 14.5 Å². The third kappa shape index (κ3) is 4.19. The molecule has 0 fully saturated rings.